The Labute approximate surface area is 171 Å². The van der Waals surface area contributed by atoms with Crippen LogP contribution in [-0.2, 0) is 0 Å². The highest BCUT2D eigenvalue weighted by Crippen LogP contribution is 2.37. The molecule has 0 bridgehead atoms. The average Bonchev–Trinajstić information content (AvgIpc) is 3.45. The smallest absolute Gasteiger partial charge is 0.259 e. The van der Waals surface area contributed by atoms with E-state index in [0.29, 0.717) is 35.6 Å². The monoisotopic (exact) mass is 413 g/mol. The van der Waals surface area contributed by atoms with Gasteiger partial charge in [-0.05, 0) is 30.2 Å². The van der Waals surface area contributed by atoms with E-state index in [1.54, 1.807) is 34.2 Å². The largest absolute Gasteiger partial charge is 0.391 e. The number of benzene rings is 1. The van der Waals surface area contributed by atoms with Crippen molar-refractivity contribution in [2.75, 3.05) is 24.5 Å². The summed E-state index contributed by atoms with van der Waals surface area (Å²) in [5, 5.41) is 13.9. The molecule has 2 aliphatic heterocycles. The normalized spacial score (nSPS) is 24.2. The molecule has 0 saturated carbocycles. The van der Waals surface area contributed by atoms with E-state index in [9.17, 15) is 18.7 Å². The summed E-state index contributed by atoms with van der Waals surface area (Å²) in [4.78, 5) is 20.9. The standard InChI is InChI=1S/C21H21F2N5O2/c22-14-3-1-2-13(8-14)18-9-15(23)11-27(18)19-5-7-28-20(25-19)17(10-24-28)21(30)26-6-4-16(29)12-26/h1-3,5,7-8,10,15-16,18,29H,4,6,9,11-12H2/t15-,16-,18?/m0/s1. The molecule has 3 aromatic rings. The van der Waals surface area contributed by atoms with Crippen LogP contribution in [0.25, 0.3) is 5.65 Å². The number of hydrogen-bond donors (Lipinski definition) is 1. The van der Waals surface area contributed by atoms with E-state index in [1.165, 1.54) is 22.8 Å². The van der Waals surface area contributed by atoms with Crippen LogP contribution in [0, 0.1) is 5.82 Å². The summed E-state index contributed by atoms with van der Waals surface area (Å²) in [7, 11) is 0. The minimum absolute atomic E-state index is 0.139. The van der Waals surface area contributed by atoms with Gasteiger partial charge in [0.25, 0.3) is 5.91 Å². The van der Waals surface area contributed by atoms with Crippen LogP contribution in [0.15, 0.2) is 42.7 Å². The van der Waals surface area contributed by atoms with E-state index < -0.39 is 12.3 Å². The first kappa shape index (κ1) is 18.9. The van der Waals surface area contributed by atoms with Crippen LogP contribution in [0.4, 0.5) is 14.6 Å². The van der Waals surface area contributed by atoms with Crippen molar-refractivity contribution in [3.8, 4) is 0 Å². The average molecular weight is 413 g/mol. The number of aliphatic hydroxyl groups is 1. The lowest BCUT2D eigenvalue weighted by atomic mass is 10.0. The molecule has 4 heterocycles. The SMILES string of the molecule is O=C(c1cnn2ccc(N3C[C@@H](F)CC3c3cccc(F)c3)nc12)N1CC[C@H](O)C1. The summed E-state index contributed by atoms with van der Waals surface area (Å²) in [6.07, 6.45) is 2.36. The van der Waals surface area contributed by atoms with Gasteiger partial charge in [0.05, 0.1) is 24.9 Å². The van der Waals surface area contributed by atoms with Gasteiger partial charge < -0.3 is 14.9 Å². The van der Waals surface area contributed by atoms with E-state index in [2.05, 4.69) is 10.1 Å². The van der Waals surface area contributed by atoms with Crippen molar-refractivity contribution in [2.24, 2.45) is 0 Å². The Hall–Kier alpha value is -3.07. The van der Waals surface area contributed by atoms with Gasteiger partial charge in [-0.25, -0.2) is 18.3 Å². The minimum Gasteiger partial charge on any atom is -0.391 e. The molecule has 2 fully saturated rings. The van der Waals surface area contributed by atoms with Gasteiger partial charge in [0.1, 0.15) is 23.4 Å². The number of anilines is 1. The molecule has 2 aromatic heterocycles. The number of aromatic nitrogens is 3. The van der Waals surface area contributed by atoms with Gasteiger partial charge in [-0.1, -0.05) is 12.1 Å². The predicted octanol–water partition coefficient (Wildman–Crippen LogP) is 2.36. The van der Waals surface area contributed by atoms with Gasteiger partial charge in [-0.2, -0.15) is 5.10 Å². The van der Waals surface area contributed by atoms with Crippen LogP contribution < -0.4 is 4.90 Å². The number of rotatable bonds is 3. The first-order valence-corrected chi connectivity index (χ1v) is 9.97. The molecule has 1 aromatic carbocycles. The first-order valence-electron chi connectivity index (χ1n) is 9.97. The van der Waals surface area contributed by atoms with Gasteiger partial charge in [-0.15, -0.1) is 0 Å². The number of carbonyl (C=O) groups is 1. The Morgan fingerprint density at radius 1 is 1.23 bits per heavy atom. The fourth-order valence-corrected chi connectivity index (χ4v) is 4.33. The molecular weight excluding hydrogens is 392 g/mol. The first-order chi connectivity index (χ1) is 14.5. The van der Waals surface area contributed by atoms with Crippen molar-refractivity contribution < 1.29 is 18.7 Å². The van der Waals surface area contributed by atoms with Crippen LogP contribution in [-0.4, -0.2) is 62.4 Å². The Bertz CT molecular complexity index is 1100. The second-order valence-electron chi connectivity index (χ2n) is 7.86. The highest BCUT2D eigenvalue weighted by Gasteiger charge is 2.35. The summed E-state index contributed by atoms with van der Waals surface area (Å²) in [6.45, 7) is 0.904. The fourth-order valence-electron chi connectivity index (χ4n) is 4.33. The van der Waals surface area contributed by atoms with Crippen molar-refractivity contribution in [2.45, 2.75) is 31.2 Å². The maximum atomic E-state index is 14.3. The lowest BCUT2D eigenvalue weighted by Crippen LogP contribution is -2.29. The molecule has 2 aliphatic rings. The molecule has 156 valence electrons. The number of carbonyl (C=O) groups excluding carboxylic acids is 1. The third-order valence-electron chi connectivity index (χ3n) is 5.81. The maximum absolute atomic E-state index is 14.3. The molecular formula is C21H21F2N5O2. The number of fused-ring (bicyclic) bond motifs is 1. The number of alkyl halides is 1. The Kier molecular flexibility index (Phi) is 4.62. The number of hydrogen-bond acceptors (Lipinski definition) is 5. The van der Waals surface area contributed by atoms with E-state index in [0.717, 1.165) is 0 Å². The summed E-state index contributed by atoms with van der Waals surface area (Å²) in [5.41, 5.74) is 1.40. The molecule has 7 nitrogen and oxygen atoms in total. The van der Waals surface area contributed by atoms with Crippen LogP contribution in [0.5, 0.6) is 0 Å². The number of amides is 1. The van der Waals surface area contributed by atoms with Crippen molar-refractivity contribution >= 4 is 17.4 Å². The lowest BCUT2D eigenvalue weighted by Gasteiger charge is -2.26. The van der Waals surface area contributed by atoms with Crippen LogP contribution in [0.2, 0.25) is 0 Å². The van der Waals surface area contributed by atoms with Crippen molar-refractivity contribution in [1.29, 1.82) is 0 Å². The fraction of sp³-hybridized carbons (Fsp3) is 0.381. The zero-order chi connectivity index (χ0) is 20.8. The van der Waals surface area contributed by atoms with E-state index in [-0.39, 0.29) is 37.3 Å². The summed E-state index contributed by atoms with van der Waals surface area (Å²) < 4.78 is 29.6. The third-order valence-corrected chi connectivity index (χ3v) is 5.81. The molecule has 3 atom stereocenters. The molecule has 0 spiro atoms. The molecule has 1 amide bonds. The maximum Gasteiger partial charge on any atom is 0.259 e. The third kappa shape index (κ3) is 3.28. The number of β-amino-alcohol motifs (C(OH)–C–C–N with tert-alkyl or cyclic N) is 1. The highest BCUT2D eigenvalue weighted by molar-refractivity contribution is 6.00. The molecule has 1 N–H and O–H groups in total. The molecule has 0 radical (unpaired) electrons. The Morgan fingerprint density at radius 3 is 2.87 bits per heavy atom. The molecule has 2 saturated heterocycles. The number of likely N-dealkylation sites (tertiary alicyclic amines) is 1. The zero-order valence-electron chi connectivity index (χ0n) is 16.2. The molecule has 9 heteroatoms. The van der Waals surface area contributed by atoms with E-state index in [4.69, 9.17) is 0 Å². The van der Waals surface area contributed by atoms with Gasteiger partial charge in [-0.3, -0.25) is 4.79 Å². The van der Waals surface area contributed by atoms with Crippen molar-refractivity contribution in [1.82, 2.24) is 19.5 Å². The Morgan fingerprint density at radius 2 is 2.10 bits per heavy atom. The van der Waals surface area contributed by atoms with Gasteiger partial charge in [0.2, 0.25) is 0 Å². The molecule has 5 rings (SSSR count). The molecule has 30 heavy (non-hydrogen) atoms. The molecule has 1 unspecified atom stereocenters. The zero-order valence-corrected chi connectivity index (χ0v) is 16.2. The van der Waals surface area contributed by atoms with E-state index in [1.807, 2.05) is 0 Å². The number of nitrogens with zero attached hydrogens (tertiary/aromatic N) is 5. The quantitative estimate of drug-likeness (QED) is 0.714. The second-order valence-corrected chi connectivity index (χ2v) is 7.86. The van der Waals surface area contributed by atoms with Crippen LogP contribution in [0.3, 0.4) is 0 Å². The summed E-state index contributed by atoms with van der Waals surface area (Å²) in [5.74, 6) is -0.0970. The van der Waals surface area contributed by atoms with Crippen LogP contribution in [0.1, 0.15) is 34.8 Å². The second kappa shape index (κ2) is 7.32. The van der Waals surface area contributed by atoms with Crippen molar-refractivity contribution in [3.63, 3.8) is 0 Å². The Balaban J connectivity index is 1.50. The minimum atomic E-state index is -1.06. The van der Waals surface area contributed by atoms with Gasteiger partial charge in [0.15, 0.2) is 5.65 Å². The number of halogens is 2. The highest BCUT2D eigenvalue weighted by atomic mass is 19.1. The van der Waals surface area contributed by atoms with Gasteiger partial charge >= 0.3 is 0 Å². The molecule has 0 aliphatic carbocycles. The topological polar surface area (TPSA) is 74.0 Å². The van der Waals surface area contributed by atoms with Gasteiger partial charge in [0, 0.05) is 25.7 Å². The summed E-state index contributed by atoms with van der Waals surface area (Å²) in [6, 6.07) is 7.55. The number of aliphatic hydroxyl groups excluding tert-OH is 1. The van der Waals surface area contributed by atoms with Crippen LogP contribution >= 0.6 is 0 Å². The summed E-state index contributed by atoms with van der Waals surface area (Å²) >= 11 is 0. The lowest BCUT2D eigenvalue weighted by molar-refractivity contribution is 0.0766. The van der Waals surface area contributed by atoms with E-state index >= 15 is 0 Å². The predicted molar refractivity (Wildman–Crippen MR) is 106 cm³/mol. The van der Waals surface area contributed by atoms with Crippen molar-refractivity contribution in [3.05, 3.63) is 59.7 Å².